The van der Waals surface area contributed by atoms with Gasteiger partial charge in [-0.2, -0.15) is 0 Å². The number of hydrogen-bond acceptors (Lipinski definition) is 2. The number of benzene rings is 1. The maximum Gasteiger partial charge on any atom is 0.237 e. The summed E-state index contributed by atoms with van der Waals surface area (Å²) in [5, 5.41) is -0.859. The zero-order valence-corrected chi connectivity index (χ0v) is 7.74. The molecule has 0 radical (unpaired) electrons. The molecule has 2 atom stereocenters. The molecule has 0 aliphatic rings. The molecule has 4 N–H and O–H groups in total. The quantitative estimate of drug-likeness (QED) is 0.705. The van der Waals surface area contributed by atoms with Crippen molar-refractivity contribution in [2.75, 3.05) is 0 Å². The standard InChI is InChI=1S/C9H11ClN2O/c10-7(9(12)13)8(11)6-4-2-1-3-5-6/h1-5,7-8H,11H2,(H2,12,13)/t7-,8-/m1/s1. The van der Waals surface area contributed by atoms with E-state index < -0.39 is 17.3 Å². The number of carbonyl (C=O) groups is 1. The molecule has 1 rings (SSSR count). The van der Waals surface area contributed by atoms with Crippen molar-refractivity contribution in [1.82, 2.24) is 0 Å². The highest BCUT2D eigenvalue weighted by Gasteiger charge is 2.21. The lowest BCUT2D eigenvalue weighted by Crippen LogP contribution is -2.33. The third-order valence-corrected chi connectivity index (χ3v) is 2.26. The molecule has 0 aromatic heterocycles. The van der Waals surface area contributed by atoms with Crippen molar-refractivity contribution in [2.45, 2.75) is 11.4 Å². The number of carbonyl (C=O) groups excluding carboxylic acids is 1. The molecule has 0 fully saturated rings. The van der Waals surface area contributed by atoms with Gasteiger partial charge in [-0.1, -0.05) is 30.3 Å². The van der Waals surface area contributed by atoms with E-state index in [-0.39, 0.29) is 0 Å². The molecule has 1 amide bonds. The molecule has 0 bridgehead atoms. The van der Waals surface area contributed by atoms with Gasteiger partial charge in [0.2, 0.25) is 5.91 Å². The van der Waals surface area contributed by atoms with E-state index in [9.17, 15) is 4.79 Å². The Labute approximate surface area is 81.7 Å². The molecule has 0 unspecified atom stereocenters. The first-order chi connectivity index (χ1) is 6.13. The number of amides is 1. The van der Waals surface area contributed by atoms with Crippen LogP contribution in [0.1, 0.15) is 11.6 Å². The van der Waals surface area contributed by atoms with E-state index in [0.29, 0.717) is 0 Å². The molecular weight excluding hydrogens is 188 g/mol. The number of hydrogen-bond donors (Lipinski definition) is 2. The molecule has 1 aromatic rings. The fraction of sp³-hybridized carbons (Fsp3) is 0.222. The van der Waals surface area contributed by atoms with Gasteiger partial charge in [-0.25, -0.2) is 0 Å². The second-order valence-corrected chi connectivity index (χ2v) is 3.21. The maximum atomic E-state index is 10.7. The number of rotatable bonds is 3. The van der Waals surface area contributed by atoms with E-state index in [0.717, 1.165) is 5.56 Å². The number of halogens is 1. The smallest absolute Gasteiger partial charge is 0.237 e. The Bertz CT molecular complexity index is 289. The lowest BCUT2D eigenvalue weighted by molar-refractivity contribution is -0.118. The predicted octanol–water partition coefficient (Wildman–Crippen LogP) is 0.779. The summed E-state index contributed by atoms with van der Waals surface area (Å²) in [6.45, 7) is 0. The fourth-order valence-electron chi connectivity index (χ4n) is 1.02. The Morgan fingerprint density at radius 3 is 2.31 bits per heavy atom. The highest BCUT2D eigenvalue weighted by atomic mass is 35.5. The van der Waals surface area contributed by atoms with E-state index in [1.807, 2.05) is 30.3 Å². The first kappa shape index (κ1) is 10.0. The van der Waals surface area contributed by atoms with Crippen LogP contribution in [-0.2, 0) is 4.79 Å². The largest absolute Gasteiger partial charge is 0.368 e. The Morgan fingerprint density at radius 1 is 1.31 bits per heavy atom. The molecular formula is C9H11ClN2O. The molecule has 70 valence electrons. The van der Waals surface area contributed by atoms with Crippen molar-refractivity contribution in [1.29, 1.82) is 0 Å². The third-order valence-electron chi connectivity index (χ3n) is 1.77. The van der Waals surface area contributed by atoms with Gasteiger partial charge in [0.1, 0.15) is 5.38 Å². The number of primary amides is 1. The average Bonchev–Trinajstić information content (AvgIpc) is 2.17. The fourth-order valence-corrected chi connectivity index (χ4v) is 1.17. The van der Waals surface area contributed by atoms with Crippen molar-refractivity contribution in [2.24, 2.45) is 11.5 Å². The van der Waals surface area contributed by atoms with Gasteiger partial charge in [-0.3, -0.25) is 4.79 Å². The van der Waals surface area contributed by atoms with E-state index in [4.69, 9.17) is 23.1 Å². The Balaban J connectivity index is 2.79. The van der Waals surface area contributed by atoms with Gasteiger partial charge < -0.3 is 11.5 Å². The topological polar surface area (TPSA) is 69.1 Å². The van der Waals surface area contributed by atoms with Gasteiger partial charge >= 0.3 is 0 Å². The summed E-state index contributed by atoms with van der Waals surface area (Å²) in [5.74, 6) is -0.599. The molecule has 0 aliphatic carbocycles. The van der Waals surface area contributed by atoms with Crippen LogP contribution in [0.4, 0.5) is 0 Å². The van der Waals surface area contributed by atoms with Crippen molar-refractivity contribution in [3.63, 3.8) is 0 Å². The van der Waals surface area contributed by atoms with Gasteiger partial charge in [0.25, 0.3) is 0 Å². The van der Waals surface area contributed by atoms with Crippen molar-refractivity contribution in [3.8, 4) is 0 Å². The predicted molar refractivity (Wildman–Crippen MR) is 52.2 cm³/mol. The molecule has 0 aliphatic heterocycles. The van der Waals surface area contributed by atoms with Crippen LogP contribution in [0.5, 0.6) is 0 Å². The summed E-state index contributed by atoms with van der Waals surface area (Å²) in [4.78, 5) is 10.7. The molecule has 3 nitrogen and oxygen atoms in total. The summed E-state index contributed by atoms with van der Waals surface area (Å²) >= 11 is 5.70. The lowest BCUT2D eigenvalue weighted by Gasteiger charge is -2.14. The van der Waals surface area contributed by atoms with Crippen LogP contribution in [0.15, 0.2) is 30.3 Å². The van der Waals surface area contributed by atoms with Crippen LogP contribution < -0.4 is 11.5 Å². The zero-order chi connectivity index (χ0) is 9.84. The third kappa shape index (κ3) is 2.44. The highest BCUT2D eigenvalue weighted by molar-refractivity contribution is 6.31. The van der Waals surface area contributed by atoms with Crippen LogP contribution in [-0.4, -0.2) is 11.3 Å². The van der Waals surface area contributed by atoms with Crippen LogP contribution >= 0.6 is 11.6 Å². The van der Waals surface area contributed by atoms with Crippen LogP contribution in [0.3, 0.4) is 0 Å². The van der Waals surface area contributed by atoms with Gasteiger partial charge in [-0.05, 0) is 5.56 Å². The Morgan fingerprint density at radius 2 is 1.85 bits per heavy atom. The molecule has 0 saturated heterocycles. The lowest BCUT2D eigenvalue weighted by atomic mass is 10.0. The normalized spacial score (nSPS) is 14.9. The van der Waals surface area contributed by atoms with Gasteiger partial charge in [-0.15, -0.1) is 11.6 Å². The van der Waals surface area contributed by atoms with Crippen LogP contribution in [0.25, 0.3) is 0 Å². The minimum Gasteiger partial charge on any atom is -0.368 e. The summed E-state index contributed by atoms with van der Waals surface area (Å²) in [6.07, 6.45) is 0. The molecule has 0 heterocycles. The van der Waals surface area contributed by atoms with E-state index >= 15 is 0 Å². The van der Waals surface area contributed by atoms with Crippen molar-refractivity contribution in [3.05, 3.63) is 35.9 Å². The summed E-state index contributed by atoms with van der Waals surface area (Å²) < 4.78 is 0. The van der Waals surface area contributed by atoms with E-state index in [1.165, 1.54) is 0 Å². The molecule has 13 heavy (non-hydrogen) atoms. The van der Waals surface area contributed by atoms with Gasteiger partial charge in [0, 0.05) is 0 Å². The molecule has 4 heteroatoms. The zero-order valence-electron chi connectivity index (χ0n) is 6.98. The van der Waals surface area contributed by atoms with Gasteiger partial charge in [0.15, 0.2) is 0 Å². The second kappa shape index (κ2) is 4.25. The van der Waals surface area contributed by atoms with Crippen molar-refractivity contribution < 1.29 is 4.79 Å². The molecule has 1 aromatic carbocycles. The average molecular weight is 199 g/mol. The van der Waals surface area contributed by atoms with E-state index in [1.54, 1.807) is 0 Å². The van der Waals surface area contributed by atoms with E-state index in [2.05, 4.69) is 0 Å². The molecule has 0 spiro atoms. The SMILES string of the molecule is NC(=O)[C@H](Cl)[C@H](N)c1ccccc1. The highest BCUT2D eigenvalue weighted by Crippen LogP contribution is 2.17. The number of nitrogens with two attached hydrogens (primary N) is 2. The van der Waals surface area contributed by atoms with Gasteiger partial charge in [0.05, 0.1) is 6.04 Å². The van der Waals surface area contributed by atoms with Crippen molar-refractivity contribution >= 4 is 17.5 Å². The summed E-state index contributed by atoms with van der Waals surface area (Å²) in [5.41, 5.74) is 11.5. The first-order valence-electron chi connectivity index (χ1n) is 3.87. The second-order valence-electron chi connectivity index (χ2n) is 2.74. The van der Waals surface area contributed by atoms with Crippen LogP contribution in [0, 0.1) is 0 Å². The Kier molecular flexibility index (Phi) is 3.28. The minimum atomic E-state index is -0.859. The summed E-state index contributed by atoms with van der Waals surface area (Å²) in [6, 6.07) is 8.61. The Hall–Kier alpha value is -1.06. The molecule has 0 saturated carbocycles. The monoisotopic (exact) mass is 198 g/mol. The van der Waals surface area contributed by atoms with Crippen LogP contribution in [0.2, 0.25) is 0 Å². The summed E-state index contributed by atoms with van der Waals surface area (Å²) in [7, 11) is 0. The maximum absolute atomic E-state index is 10.7. The minimum absolute atomic E-state index is 0.541. The number of alkyl halides is 1. The first-order valence-corrected chi connectivity index (χ1v) is 4.30.